The molecular weight excluding hydrogens is 270 g/mol. The van der Waals surface area contributed by atoms with Crippen molar-refractivity contribution in [1.29, 1.82) is 0 Å². The van der Waals surface area contributed by atoms with Crippen molar-refractivity contribution in [3.63, 3.8) is 0 Å². The fourth-order valence-electron chi connectivity index (χ4n) is 3.64. The second kappa shape index (κ2) is 4.43. The van der Waals surface area contributed by atoms with Crippen LogP contribution in [0.1, 0.15) is 5.56 Å². The van der Waals surface area contributed by atoms with E-state index in [1.165, 1.54) is 0 Å². The monoisotopic (exact) mass is 285 g/mol. The number of fused-ring (bicyclic) bond motifs is 3. The van der Waals surface area contributed by atoms with Crippen molar-refractivity contribution in [3.8, 4) is 0 Å². The fourth-order valence-corrected chi connectivity index (χ4v) is 3.64. The summed E-state index contributed by atoms with van der Waals surface area (Å²) >= 11 is 0. The van der Waals surface area contributed by atoms with Crippen LogP contribution < -0.4 is 4.90 Å². The maximum atomic E-state index is 12.9. The van der Waals surface area contributed by atoms with E-state index in [2.05, 4.69) is 0 Å². The molecular formula is C16H15NO4. The number of ether oxygens (including phenoxy) is 1. The SMILES string of the molecule is O=C(O)[C@@H]1[C@@H](C(=O)N2CCc3ccccc32)[C@@H]2C=C[C@@H]1O2. The first-order valence-corrected chi connectivity index (χ1v) is 7.12. The Morgan fingerprint density at radius 3 is 2.62 bits per heavy atom. The summed E-state index contributed by atoms with van der Waals surface area (Å²) in [7, 11) is 0. The van der Waals surface area contributed by atoms with Crippen LogP contribution in [-0.2, 0) is 20.7 Å². The smallest absolute Gasteiger partial charge is 0.310 e. The lowest BCUT2D eigenvalue weighted by atomic mass is 9.82. The first-order valence-electron chi connectivity index (χ1n) is 7.12. The highest BCUT2D eigenvalue weighted by molar-refractivity contribution is 6.00. The van der Waals surface area contributed by atoms with Gasteiger partial charge in [-0.1, -0.05) is 30.4 Å². The highest BCUT2D eigenvalue weighted by Gasteiger charge is 2.54. The second-order valence-corrected chi connectivity index (χ2v) is 5.71. The van der Waals surface area contributed by atoms with Crippen LogP contribution >= 0.6 is 0 Å². The van der Waals surface area contributed by atoms with E-state index < -0.39 is 30.0 Å². The largest absolute Gasteiger partial charge is 0.481 e. The molecule has 108 valence electrons. The number of nitrogens with zero attached hydrogens (tertiary/aromatic N) is 1. The Morgan fingerprint density at radius 2 is 1.86 bits per heavy atom. The second-order valence-electron chi connectivity index (χ2n) is 5.71. The van der Waals surface area contributed by atoms with Crippen molar-refractivity contribution in [1.82, 2.24) is 0 Å². The molecule has 5 heteroatoms. The third-order valence-corrected chi connectivity index (χ3v) is 4.62. The number of aliphatic carboxylic acids is 1. The molecule has 1 aromatic rings. The standard InChI is InChI=1S/C16H15NO4/c18-15(17-8-7-9-3-1-2-4-10(9)17)13-11-5-6-12(21-11)14(13)16(19)20/h1-6,11-14H,7-8H2,(H,19,20)/t11-,12-,13-,14-/m0/s1. The van der Waals surface area contributed by atoms with Crippen molar-refractivity contribution < 1.29 is 19.4 Å². The average molecular weight is 285 g/mol. The van der Waals surface area contributed by atoms with E-state index in [0.29, 0.717) is 6.54 Å². The number of carbonyl (C=O) groups is 2. The molecule has 2 bridgehead atoms. The molecule has 0 radical (unpaired) electrons. The fraction of sp³-hybridized carbons (Fsp3) is 0.375. The zero-order valence-electron chi connectivity index (χ0n) is 11.3. The minimum absolute atomic E-state index is 0.135. The maximum absolute atomic E-state index is 12.9. The van der Waals surface area contributed by atoms with E-state index in [1.807, 2.05) is 30.3 Å². The molecule has 1 N–H and O–H groups in total. The predicted molar refractivity (Wildman–Crippen MR) is 74.9 cm³/mol. The van der Waals surface area contributed by atoms with Gasteiger partial charge in [-0.15, -0.1) is 0 Å². The molecule has 1 fully saturated rings. The quantitative estimate of drug-likeness (QED) is 0.830. The van der Waals surface area contributed by atoms with Crippen LogP contribution in [0.5, 0.6) is 0 Å². The van der Waals surface area contributed by atoms with Crippen LogP contribution in [0.2, 0.25) is 0 Å². The Labute approximate surface area is 121 Å². The van der Waals surface area contributed by atoms with E-state index >= 15 is 0 Å². The lowest BCUT2D eigenvalue weighted by Gasteiger charge is -2.26. The Morgan fingerprint density at radius 1 is 1.14 bits per heavy atom. The molecule has 4 atom stereocenters. The molecule has 0 aliphatic carbocycles. The van der Waals surface area contributed by atoms with Crippen molar-refractivity contribution in [2.75, 3.05) is 11.4 Å². The van der Waals surface area contributed by atoms with Gasteiger partial charge in [0.05, 0.1) is 18.1 Å². The number of hydrogen-bond donors (Lipinski definition) is 1. The van der Waals surface area contributed by atoms with Gasteiger partial charge in [-0.3, -0.25) is 9.59 Å². The summed E-state index contributed by atoms with van der Waals surface area (Å²) < 4.78 is 5.59. The van der Waals surface area contributed by atoms with Gasteiger partial charge in [0.25, 0.3) is 0 Å². The first-order chi connectivity index (χ1) is 10.2. The third kappa shape index (κ3) is 1.74. The number of carboxylic acid groups (broad SMARTS) is 1. The van der Waals surface area contributed by atoms with Gasteiger partial charge in [-0.2, -0.15) is 0 Å². The number of carboxylic acids is 1. The van der Waals surface area contributed by atoms with Crippen molar-refractivity contribution in [3.05, 3.63) is 42.0 Å². The minimum atomic E-state index is -0.960. The van der Waals surface area contributed by atoms with Crippen molar-refractivity contribution >= 4 is 17.6 Å². The van der Waals surface area contributed by atoms with Crippen LogP contribution in [0.25, 0.3) is 0 Å². The number of benzene rings is 1. The lowest BCUT2D eigenvalue weighted by molar-refractivity contribution is -0.146. The van der Waals surface area contributed by atoms with Gasteiger partial charge < -0.3 is 14.7 Å². The molecule has 3 heterocycles. The molecule has 21 heavy (non-hydrogen) atoms. The van der Waals surface area contributed by atoms with E-state index in [4.69, 9.17) is 4.74 Å². The van der Waals surface area contributed by atoms with Gasteiger partial charge in [-0.05, 0) is 18.1 Å². The zero-order valence-corrected chi connectivity index (χ0v) is 11.3. The summed E-state index contributed by atoms with van der Waals surface area (Å²) in [4.78, 5) is 26.1. The highest BCUT2D eigenvalue weighted by atomic mass is 16.5. The van der Waals surface area contributed by atoms with Crippen LogP contribution in [0.15, 0.2) is 36.4 Å². The Kier molecular flexibility index (Phi) is 2.65. The van der Waals surface area contributed by atoms with Crippen LogP contribution in [0.4, 0.5) is 5.69 Å². The third-order valence-electron chi connectivity index (χ3n) is 4.62. The zero-order chi connectivity index (χ0) is 14.6. The number of para-hydroxylation sites is 1. The van der Waals surface area contributed by atoms with E-state index in [-0.39, 0.29) is 5.91 Å². The lowest BCUT2D eigenvalue weighted by Crippen LogP contribution is -2.44. The van der Waals surface area contributed by atoms with Gasteiger partial charge in [0, 0.05) is 12.2 Å². The van der Waals surface area contributed by atoms with Gasteiger partial charge in [0.15, 0.2) is 0 Å². The number of carbonyl (C=O) groups excluding carboxylic acids is 1. The minimum Gasteiger partial charge on any atom is -0.481 e. The Balaban J connectivity index is 1.67. The molecule has 1 aromatic carbocycles. The maximum Gasteiger partial charge on any atom is 0.310 e. The van der Waals surface area contributed by atoms with Gasteiger partial charge in [-0.25, -0.2) is 0 Å². The van der Waals surface area contributed by atoms with Crippen LogP contribution in [0, 0.1) is 11.8 Å². The average Bonchev–Trinajstić information content (AvgIpc) is 3.19. The molecule has 1 saturated heterocycles. The summed E-state index contributed by atoms with van der Waals surface area (Å²) in [5.41, 5.74) is 2.04. The number of anilines is 1. The molecule has 5 nitrogen and oxygen atoms in total. The van der Waals surface area contributed by atoms with Gasteiger partial charge in [0.2, 0.25) is 5.91 Å². The normalized spacial score (nSPS) is 32.5. The van der Waals surface area contributed by atoms with Gasteiger partial charge >= 0.3 is 5.97 Å². The Bertz CT molecular complexity index is 653. The molecule has 1 amide bonds. The van der Waals surface area contributed by atoms with E-state index in [0.717, 1.165) is 17.7 Å². The highest BCUT2D eigenvalue weighted by Crippen LogP contribution is 2.42. The molecule has 0 saturated carbocycles. The summed E-state index contributed by atoms with van der Waals surface area (Å²) in [6.07, 6.45) is 3.51. The molecule has 0 unspecified atom stereocenters. The van der Waals surface area contributed by atoms with Crippen molar-refractivity contribution in [2.45, 2.75) is 18.6 Å². The molecule has 0 spiro atoms. The summed E-state index contributed by atoms with van der Waals surface area (Å²) in [5, 5.41) is 9.41. The van der Waals surface area contributed by atoms with Gasteiger partial charge in [0.1, 0.15) is 5.92 Å². The molecule has 3 aliphatic heterocycles. The number of hydrogen-bond acceptors (Lipinski definition) is 3. The molecule has 4 rings (SSSR count). The number of rotatable bonds is 2. The Hall–Kier alpha value is -2.14. The first kappa shape index (κ1) is 12.6. The molecule has 3 aliphatic rings. The van der Waals surface area contributed by atoms with Crippen molar-refractivity contribution in [2.24, 2.45) is 11.8 Å². The predicted octanol–water partition coefficient (Wildman–Crippen LogP) is 1.23. The van der Waals surface area contributed by atoms with E-state index in [9.17, 15) is 14.7 Å². The molecule has 0 aromatic heterocycles. The summed E-state index contributed by atoms with van der Waals surface area (Å²) in [5.74, 6) is -2.49. The van der Waals surface area contributed by atoms with E-state index in [1.54, 1.807) is 11.0 Å². The number of amides is 1. The van der Waals surface area contributed by atoms with Crippen LogP contribution in [0.3, 0.4) is 0 Å². The topological polar surface area (TPSA) is 66.8 Å². The van der Waals surface area contributed by atoms with Crippen LogP contribution in [-0.4, -0.2) is 35.7 Å². The summed E-state index contributed by atoms with van der Waals surface area (Å²) in [6, 6.07) is 7.78. The summed E-state index contributed by atoms with van der Waals surface area (Å²) in [6.45, 7) is 0.613.